The van der Waals surface area contributed by atoms with Crippen LogP contribution in [0.25, 0.3) is 0 Å². The zero-order chi connectivity index (χ0) is 12.4. The fourth-order valence-corrected chi connectivity index (χ4v) is 2.44. The number of nitrogens with zero attached hydrogens (tertiary/aromatic N) is 1. The lowest BCUT2D eigenvalue weighted by Crippen LogP contribution is -1.91. The van der Waals surface area contributed by atoms with Crippen molar-refractivity contribution in [1.82, 2.24) is 4.98 Å². The van der Waals surface area contributed by atoms with Crippen LogP contribution < -0.4 is 5.73 Å². The standard InChI is InChI=1S/C12H10Cl2N2S/c1-7-6-16-12(5-11(7)15)17-8-2-3-9(13)10(14)4-8/h2-6H,1H3,(H2,15,16). The average Bonchev–Trinajstić information content (AvgIpc) is 2.29. The molecule has 0 saturated carbocycles. The highest BCUT2D eigenvalue weighted by Crippen LogP contribution is 2.32. The fourth-order valence-electron chi connectivity index (χ4n) is 1.24. The zero-order valence-electron chi connectivity index (χ0n) is 9.08. The van der Waals surface area contributed by atoms with Crippen LogP contribution in [0.4, 0.5) is 5.69 Å². The Hall–Kier alpha value is -0.900. The molecule has 0 saturated heterocycles. The number of nitrogens with two attached hydrogens (primary N) is 1. The van der Waals surface area contributed by atoms with Crippen LogP contribution in [0.1, 0.15) is 5.56 Å². The number of aromatic nitrogens is 1. The summed E-state index contributed by atoms with van der Waals surface area (Å²) in [6, 6.07) is 7.33. The van der Waals surface area contributed by atoms with Gasteiger partial charge in [0.2, 0.25) is 0 Å². The molecular formula is C12H10Cl2N2S. The van der Waals surface area contributed by atoms with E-state index in [2.05, 4.69) is 4.98 Å². The van der Waals surface area contributed by atoms with Crippen molar-refractivity contribution in [3.8, 4) is 0 Å². The van der Waals surface area contributed by atoms with Gasteiger partial charge in [0.15, 0.2) is 0 Å². The normalized spacial score (nSPS) is 10.5. The van der Waals surface area contributed by atoms with E-state index in [4.69, 9.17) is 28.9 Å². The summed E-state index contributed by atoms with van der Waals surface area (Å²) in [5, 5.41) is 1.93. The number of hydrogen-bond donors (Lipinski definition) is 1. The summed E-state index contributed by atoms with van der Waals surface area (Å²) in [5.74, 6) is 0. The number of nitrogen functional groups attached to an aromatic ring is 1. The van der Waals surface area contributed by atoms with E-state index >= 15 is 0 Å². The van der Waals surface area contributed by atoms with E-state index < -0.39 is 0 Å². The molecule has 2 rings (SSSR count). The Labute approximate surface area is 114 Å². The number of benzene rings is 1. The van der Waals surface area contributed by atoms with Gasteiger partial charge < -0.3 is 5.73 Å². The molecule has 17 heavy (non-hydrogen) atoms. The van der Waals surface area contributed by atoms with E-state index in [-0.39, 0.29) is 0 Å². The van der Waals surface area contributed by atoms with Gasteiger partial charge in [0, 0.05) is 16.8 Å². The molecule has 2 nitrogen and oxygen atoms in total. The van der Waals surface area contributed by atoms with Crippen molar-refractivity contribution in [2.45, 2.75) is 16.8 Å². The molecule has 1 aromatic carbocycles. The van der Waals surface area contributed by atoms with Gasteiger partial charge in [0.05, 0.1) is 10.0 Å². The molecule has 0 atom stereocenters. The highest BCUT2D eigenvalue weighted by molar-refractivity contribution is 7.99. The van der Waals surface area contributed by atoms with Gasteiger partial charge >= 0.3 is 0 Å². The zero-order valence-corrected chi connectivity index (χ0v) is 11.4. The Kier molecular flexibility index (Phi) is 3.82. The van der Waals surface area contributed by atoms with Gasteiger partial charge in [-0.15, -0.1) is 0 Å². The first-order chi connectivity index (χ1) is 8.06. The molecule has 2 N–H and O–H groups in total. The van der Waals surface area contributed by atoms with Crippen LogP contribution in [-0.2, 0) is 0 Å². The third-order valence-corrected chi connectivity index (χ3v) is 3.89. The minimum absolute atomic E-state index is 0.539. The molecule has 88 valence electrons. The van der Waals surface area contributed by atoms with Gasteiger partial charge in [-0.25, -0.2) is 4.98 Å². The summed E-state index contributed by atoms with van der Waals surface area (Å²) in [5.41, 5.74) is 7.54. The molecule has 2 aromatic rings. The smallest absolute Gasteiger partial charge is 0.103 e. The molecule has 0 bridgehead atoms. The summed E-state index contributed by atoms with van der Waals surface area (Å²) >= 11 is 13.3. The highest BCUT2D eigenvalue weighted by Gasteiger charge is 2.04. The monoisotopic (exact) mass is 284 g/mol. The molecule has 0 aliphatic heterocycles. The Balaban J connectivity index is 2.25. The maximum absolute atomic E-state index is 5.95. The van der Waals surface area contributed by atoms with Crippen molar-refractivity contribution in [2.75, 3.05) is 5.73 Å². The van der Waals surface area contributed by atoms with E-state index in [1.165, 1.54) is 11.8 Å². The molecule has 0 spiro atoms. The SMILES string of the molecule is Cc1cnc(Sc2ccc(Cl)c(Cl)c2)cc1N. The topological polar surface area (TPSA) is 38.9 Å². The maximum atomic E-state index is 5.95. The highest BCUT2D eigenvalue weighted by atomic mass is 35.5. The Morgan fingerprint density at radius 1 is 1.18 bits per heavy atom. The molecule has 1 aromatic heterocycles. The lowest BCUT2D eigenvalue weighted by atomic mass is 10.3. The van der Waals surface area contributed by atoms with Gasteiger partial charge in [-0.2, -0.15) is 0 Å². The lowest BCUT2D eigenvalue weighted by Gasteiger charge is -2.05. The van der Waals surface area contributed by atoms with Crippen molar-refractivity contribution in [3.63, 3.8) is 0 Å². The molecule has 0 aliphatic rings. The van der Waals surface area contributed by atoms with Crippen molar-refractivity contribution in [1.29, 1.82) is 0 Å². The van der Waals surface area contributed by atoms with Gasteiger partial charge in [0.1, 0.15) is 5.03 Å². The molecule has 0 unspecified atom stereocenters. The lowest BCUT2D eigenvalue weighted by molar-refractivity contribution is 1.11. The van der Waals surface area contributed by atoms with Crippen molar-refractivity contribution in [2.24, 2.45) is 0 Å². The predicted molar refractivity (Wildman–Crippen MR) is 74.0 cm³/mol. The minimum atomic E-state index is 0.539. The van der Waals surface area contributed by atoms with Crippen LogP contribution in [0, 0.1) is 6.92 Å². The summed E-state index contributed by atoms with van der Waals surface area (Å²) in [4.78, 5) is 5.28. The van der Waals surface area contributed by atoms with Crippen LogP contribution in [0.15, 0.2) is 40.4 Å². The number of halogens is 2. The first-order valence-electron chi connectivity index (χ1n) is 4.91. The summed E-state index contributed by atoms with van der Waals surface area (Å²) < 4.78 is 0. The summed E-state index contributed by atoms with van der Waals surface area (Å²) in [6.45, 7) is 1.93. The van der Waals surface area contributed by atoms with Gasteiger partial charge in [-0.1, -0.05) is 35.0 Å². The van der Waals surface area contributed by atoms with E-state index in [1.807, 2.05) is 25.1 Å². The molecule has 0 radical (unpaired) electrons. The molecule has 1 heterocycles. The summed E-state index contributed by atoms with van der Waals surface area (Å²) in [6.07, 6.45) is 1.76. The summed E-state index contributed by atoms with van der Waals surface area (Å²) in [7, 11) is 0. The number of aryl methyl sites for hydroxylation is 1. The van der Waals surface area contributed by atoms with Crippen molar-refractivity contribution >= 4 is 40.7 Å². The number of hydrogen-bond acceptors (Lipinski definition) is 3. The first kappa shape index (κ1) is 12.6. The number of anilines is 1. The number of rotatable bonds is 2. The Morgan fingerprint density at radius 3 is 2.59 bits per heavy atom. The second-order valence-corrected chi connectivity index (χ2v) is 5.47. The van der Waals surface area contributed by atoms with Gasteiger partial charge in [-0.05, 0) is 36.8 Å². The Morgan fingerprint density at radius 2 is 1.94 bits per heavy atom. The molecular weight excluding hydrogens is 275 g/mol. The van der Waals surface area contributed by atoms with Crippen molar-refractivity contribution in [3.05, 3.63) is 46.1 Å². The molecule has 0 aliphatic carbocycles. The third kappa shape index (κ3) is 3.06. The van der Waals surface area contributed by atoms with Crippen LogP contribution in [0.2, 0.25) is 10.0 Å². The maximum Gasteiger partial charge on any atom is 0.103 e. The Bertz CT molecular complexity index is 509. The van der Waals surface area contributed by atoms with Gasteiger partial charge in [0.25, 0.3) is 0 Å². The first-order valence-corrected chi connectivity index (χ1v) is 6.48. The van der Waals surface area contributed by atoms with Crippen LogP contribution >= 0.6 is 35.0 Å². The fraction of sp³-hybridized carbons (Fsp3) is 0.0833. The number of pyridine rings is 1. The van der Waals surface area contributed by atoms with E-state index in [9.17, 15) is 0 Å². The molecule has 0 fully saturated rings. The van der Waals surface area contributed by atoms with Crippen molar-refractivity contribution < 1.29 is 0 Å². The van der Waals surface area contributed by atoms with E-state index in [0.717, 1.165) is 21.2 Å². The quantitative estimate of drug-likeness (QED) is 0.887. The average molecular weight is 285 g/mol. The molecule has 0 amide bonds. The van der Waals surface area contributed by atoms with E-state index in [0.29, 0.717) is 10.0 Å². The van der Waals surface area contributed by atoms with E-state index in [1.54, 1.807) is 12.3 Å². The second kappa shape index (κ2) is 5.17. The van der Waals surface area contributed by atoms with Crippen LogP contribution in [0.5, 0.6) is 0 Å². The largest absolute Gasteiger partial charge is 0.398 e. The minimum Gasteiger partial charge on any atom is -0.398 e. The van der Waals surface area contributed by atoms with Crippen LogP contribution in [-0.4, -0.2) is 4.98 Å². The third-order valence-electron chi connectivity index (χ3n) is 2.23. The van der Waals surface area contributed by atoms with Gasteiger partial charge in [-0.3, -0.25) is 0 Å². The second-order valence-electron chi connectivity index (χ2n) is 3.56. The molecule has 5 heteroatoms. The predicted octanol–water partition coefficient (Wildman–Crippen LogP) is 4.43. The van der Waals surface area contributed by atoms with Crippen LogP contribution in [0.3, 0.4) is 0 Å².